The summed E-state index contributed by atoms with van der Waals surface area (Å²) in [6.07, 6.45) is 5.48. The van der Waals surface area contributed by atoms with Crippen molar-refractivity contribution in [2.45, 2.75) is 32.2 Å². The number of carbonyl (C=O) groups excluding carboxylic acids is 3. The summed E-state index contributed by atoms with van der Waals surface area (Å²) in [4.78, 5) is 38.3. The van der Waals surface area contributed by atoms with E-state index in [-0.39, 0.29) is 17.7 Å². The van der Waals surface area contributed by atoms with Crippen molar-refractivity contribution < 1.29 is 14.4 Å². The van der Waals surface area contributed by atoms with Crippen molar-refractivity contribution in [3.05, 3.63) is 64.1 Å². The number of nitrogens with zero attached hydrogens (tertiary/aromatic N) is 1. The first kappa shape index (κ1) is 22.8. The Balaban J connectivity index is 1.66. The average Bonchev–Trinajstić information content (AvgIpc) is 2.75. The highest BCUT2D eigenvalue weighted by atomic mass is 35.5. The summed E-state index contributed by atoms with van der Waals surface area (Å²) in [6.45, 7) is 1.96. The van der Waals surface area contributed by atoms with Crippen molar-refractivity contribution in [3.8, 4) is 0 Å². The predicted octanol–water partition coefficient (Wildman–Crippen LogP) is 4.98. The van der Waals surface area contributed by atoms with Crippen LogP contribution in [0.5, 0.6) is 0 Å². The number of piperidine rings is 1. The first-order valence-corrected chi connectivity index (χ1v) is 10.7. The second-order valence-corrected chi connectivity index (χ2v) is 8.11. The molecule has 2 aromatic carbocycles. The first-order chi connectivity index (χ1) is 14.8. The number of benzene rings is 2. The van der Waals surface area contributed by atoms with Crippen molar-refractivity contribution in [2.24, 2.45) is 0 Å². The molecule has 1 saturated heterocycles. The number of amides is 3. The molecule has 162 valence electrons. The van der Waals surface area contributed by atoms with Crippen LogP contribution >= 0.6 is 23.2 Å². The Morgan fingerprint density at radius 1 is 0.968 bits per heavy atom. The third kappa shape index (κ3) is 6.32. The normalized spacial score (nSPS) is 16.2. The summed E-state index contributed by atoms with van der Waals surface area (Å²) in [5.74, 6) is -0.617. The lowest BCUT2D eigenvalue weighted by Crippen LogP contribution is -2.49. The molecule has 1 unspecified atom stereocenters. The van der Waals surface area contributed by atoms with Gasteiger partial charge in [0.05, 0.1) is 10.0 Å². The number of nitrogens with one attached hydrogen (secondary N) is 2. The standard InChI is InChI=1S/C23H23Cl2N3O3/c1-15(29)26-17-8-5-16(6-9-17)7-12-22(30)28-13-3-2-4-21(28)23(31)27-18-10-11-19(24)20(25)14-18/h5-12,14,21H,2-4,13H2,1H3,(H,26,29)(H,27,31)/b12-7+. The smallest absolute Gasteiger partial charge is 0.247 e. The zero-order valence-electron chi connectivity index (χ0n) is 17.0. The molecule has 6 nitrogen and oxygen atoms in total. The van der Waals surface area contributed by atoms with Crippen LogP contribution in [0, 0.1) is 0 Å². The lowest BCUT2D eigenvalue weighted by Gasteiger charge is -2.34. The van der Waals surface area contributed by atoms with E-state index in [1.807, 2.05) is 0 Å². The summed E-state index contributed by atoms with van der Waals surface area (Å²) in [6, 6.07) is 11.5. The van der Waals surface area contributed by atoms with Gasteiger partial charge in [-0.2, -0.15) is 0 Å². The summed E-state index contributed by atoms with van der Waals surface area (Å²) in [5.41, 5.74) is 2.04. The summed E-state index contributed by atoms with van der Waals surface area (Å²) >= 11 is 11.9. The minimum absolute atomic E-state index is 0.145. The Morgan fingerprint density at radius 3 is 2.35 bits per heavy atom. The number of rotatable bonds is 5. The fourth-order valence-corrected chi connectivity index (χ4v) is 3.71. The van der Waals surface area contributed by atoms with Crippen LogP contribution in [0.2, 0.25) is 10.0 Å². The van der Waals surface area contributed by atoms with Crippen LogP contribution in [-0.2, 0) is 14.4 Å². The molecule has 1 heterocycles. The van der Waals surface area contributed by atoms with Gasteiger partial charge in [-0.3, -0.25) is 14.4 Å². The third-order valence-electron chi connectivity index (χ3n) is 4.93. The number of carbonyl (C=O) groups is 3. The van der Waals surface area contributed by atoms with Gasteiger partial charge in [-0.05, 0) is 61.2 Å². The maximum atomic E-state index is 12.8. The highest BCUT2D eigenvalue weighted by molar-refractivity contribution is 6.42. The maximum absolute atomic E-state index is 12.8. The molecule has 2 N–H and O–H groups in total. The van der Waals surface area contributed by atoms with E-state index in [0.717, 1.165) is 18.4 Å². The van der Waals surface area contributed by atoms with Gasteiger partial charge >= 0.3 is 0 Å². The van der Waals surface area contributed by atoms with Crippen molar-refractivity contribution in [2.75, 3.05) is 17.2 Å². The summed E-state index contributed by atoms with van der Waals surface area (Å²) in [7, 11) is 0. The van der Waals surface area contributed by atoms with Crippen LogP contribution in [0.1, 0.15) is 31.7 Å². The van der Waals surface area contributed by atoms with Crippen LogP contribution in [-0.4, -0.2) is 35.2 Å². The lowest BCUT2D eigenvalue weighted by atomic mass is 10.0. The fourth-order valence-electron chi connectivity index (χ4n) is 3.41. The molecule has 31 heavy (non-hydrogen) atoms. The molecule has 2 aromatic rings. The number of anilines is 2. The van der Waals surface area contributed by atoms with E-state index in [0.29, 0.717) is 34.4 Å². The fraction of sp³-hybridized carbons (Fsp3) is 0.261. The molecule has 0 spiro atoms. The van der Waals surface area contributed by atoms with E-state index in [1.165, 1.54) is 13.0 Å². The molecule has 3 amide bonds. The minimum Gasteiger partial charge on any atom is -0.327 e. The van der Waals surface area contributed by atoms with E-state index in [9.17, 15) is 14.4 Å². The van der Waals surface area contributed by atoms with E-state index in [1.54, 1.807) is 53.4 Å². The van der Waals surface area contributed by atoms with Crippen molar-refractivity contribution in [3.63, 3.8) is 0 Å². The highest BCUT2D eigenvalue weighted by Gasteiger charge is 2.31. The van der Waals surface area contributed by atoms with Crippen molar-refractivity contribution >= 4 is 58.4 Å². The van der Waals surface area contributed by atoms with E-state index in [2.05, 4.69) is 10.6 Å². The van der Waals surface area contributed by atoms with Gasteiger partial charge in [0.15, 0.2) is 0 Å². The molecular formula is C23H23Cl2N3O3. The first-order valence-electron chi connectivity index (χ1n) is 9.96. The molecule has 0 saturated carbocycles. The largest absolute Gasteiger partial charge is 0.327 e. The average molecular weight is 460 g/mol. The second kappa shape index (κ2) is 10.5. The molecule has 0 aromatic heterocycles. The number of hydrogen-bond donors (Lipinski definition) is 2. The van der Waals surface area contributed by atoms with Crippen LogP contribution < -0.4 is 10.6 Å². The predicted molar refractivity (Wildman–Crippen MR) is 124 cm³/mol. The van der Waals surface area contributed by atoms with Gasteiger partial charge in [0.25, 0.3) is 0 Å². The second-order valence-electron chi connectivity index (χ2n) is 7.30. The molecule has 3 rings (SSSR count). The molecule has 0 aliphatic carbocycles. The van der Waals surface area contributed by atoms with Gasteiger partial charge in [0.2, 0.25) is 17.7 Å². The maximum Gasteiger partial charge on any atom is 0.247 e. The van der Waals surface area contributed by atoms with Crippen LogP contribution in [0.25, 0.3) is 6.08 Å². The minimum atomic E-state index is -0.553. The molecular weight excluding hydrogens is 437 g/mol. The quantitative estimate of drug-likeness (QED) is 0.618. The number of hydrogen-bond acceptors (Lipinski definition) is 3. The van der Waals surface area contributed by atoms with E-state index >= 15 is 0 Å². The molecule has 1 fully saturated rings. The van der Waals surface area contributed by atoms with Gasteiger partial charge in [-0.15, -0.1) is 0 Å². The summed E-state index contributed by atoms with van der Waals surface area (Å²) < 4.78 is 0. The molecule has 1 atom stereocenters. The zero-order valence-corrected chi connectivity index (χ0v) is 18.5. The zero-order chi connectivity index (χ0) is 22.4. The van der Waals surface area contributed by atoms with Gasteiger partial charge in [-0.1, -0.05) is 35.3 Å². The Hall–Kier alpha value is -2.83. The van der Waals surface area contributed by atoms with Gasteiger partial charge in [0, 0.05) is 30.9 Å². The highest BCUT2D eigenvalue weighted by Crippen LogP contribution is 2.26. The monoisotopic (exact) mass is 459 g/mol. The summed E-state index contributed by atoms with van der Waals surface area (Å²) in [5, 5.41) is 6.28. The van der Waals surface area contributed by atoms with Gasteiger partial charge < -0.3 is 15.5 Å². The molecule has 0 bridgehead atoms. The van der Waals surface area contributed by atoms with Crippen molar-refractivity contribution in [1.29, 1.82) is 0 Å². The SMILES string of the molecule is CC(=O)Nc1ccc(/C=C/C(=O)N2CCCCC2C(=O)Nc2ccc(Cl)c(Cl)c2)cc1. The Bertz CT molecular complexity index is 1010. The van der Waals surface area contributed by atoms with Crippen LogP contribution in [0.4, 0.5) is 11.4 Å². The number of likely N-dealkylation sites (tertiary alicyclic amines) is 1. The molecule has 8 heteroatoms. The van der Waals surface area contributed by atoms with Gasteiger partial charge in [-0.25, -0.2) is 0 Å². The molecule has 1 aliphatic heterocycles. The Morgan fingerprint density at radius 2 is 1.68 bits per heavy atom. The van der Waals surface area contributed by atoms with Crippen molar-refractivity contribution in [1.82, 2.24) is 4.90 Å². The Kier molecular flexibility index (Phi) is 7.71. The topological polar surface area (TPSA) is 78.5 Å². The van der Waals surface area contributed by atoms with E-state index < -0.39 is 6.04 Å². The van der Waals surface area contributed by atoms with E-state index in [4.69, 9.17) is 23.2 Å². The molecule has 0 radical (unpaired) electrons. The Labute approximate surface area is 191 Å². The van der Waals surface area contributed by atoms with Crippen LogP contribution in [0.15, 0.2) is 48.5 Å². The number of halogens is 2. The van der Waals surface area contributed by atoms with Gasteiger partial charge in [0.1, 0.15) is 6.04 Å². The molecule has 1 aliphatic rings. The van der Waals surface area contributed by atoms with Crippen LogP contribution in [0.3, 0.4) is 0 Å². The third-order valence-corrected chi connectivity index (χ3v) is 5.66. The lowest BCUT2D eigenvalue weighted by molar-refractivity contribution is -0.136.